The number of benzene rings is 2. The molecule has 2 rings (SSSR count). The molecular formula is C14H15ClN2O3S. The fourth-order valence-electron chi connectivity index (χ4n) is 1.72. The Morgan fingerprint density at radius 2 is 1.86 bits per heavy atom. The van der Waals surface area contributed by atoms with E-state index in [1.54, 1.807) is 18.2 Å². The van der Waals surface area contributed by atoms with E-state index in [0.29, 0.717) is 17.4 Å². The van der Waals surface area contributed by atoms with Gasteiger partial charge in [0.05, 0.1) is 5.69 Å². The molecule has 5 nitrogen and oxygen atoms in total. The number of rotatable bonds is 5. The quantitative estimate of drug-likeness (QED) is 0.827. The van der Waals surface area contributed by atoms with E-state index in [2.05, 4.69) is 4.72 Å². The Morgan fingerprint density at radius 3 is 2.43 bits per heavy atom. The van der Waals surface area contributed by atoms with E-state index in [-0.39, 0.29) is 10.6 Å². The van der Waals surface area contributed by atoms with Crippen molar-refractivity contribution in [1.29, 1.82) is 0 Å². The summed E-state index contributed by atoms with van der Waals surface area (Å²) in [6, 6.07) is 11.7. The highest BCUT2D eigenvalue weighted by molar-refractivity contribution is 7.89. The van der Waals surface area contributed by atoms with Crippen molar-refractivity contribution in [2.75, 3.05) is 12.8 Å². The number of sulfonamides is 1. The predicted octanol–water partition coefficient (Wildman–Crippen LogP) is 2.41. The van der Waals surface area contributed by atoms with Crippen molar-refractivity contribution in [2.45, 2.75) is 11.5 Å². The molecule has 3 N–H and O–H groups in total. The Bertz CT molecular complexity index is 730. The Labute approximate surface area is 128 Å². The van der Waals surface area contributed by atoms with E-state index >= 15 is 0 Å². The van der Waals surface area contributed by atoms with Gasteiger partial charge in [0.15, 0.2) is 0 Å². The zero-order valence-electron chi connectivity index (χ0n) is 11.3. The van der Waals surface area contributed by atoms with Gasteiger partial charge in [-0.25, -0.2) is 13.1 Å². The van der Waals surface area contributed by atoms with Crippen molar-refractivity contribution >= 4 is 27.3 Å². The van der Waals surface area contributed by atoms with Gasteiger partial charge in [-0.3, -0.25) is 0 Å². The Morgan fingerprint density at radius 1 is 1.19 bits per heavy atom. The normalized spacial score (nSPS) is 11.3. The summed E-state index contributed by atoms with van der Waals surface area (Å²) in [4.78, 5) is 0.0313. The van der Waals surface area contributed by atoms with Crippen LogP contribution in [0.4, 0.5) is 5.69 Å². The van der Waals surface area contributed by atoms with Crippen LogP contribution >= 0.6 is 11.6 Å². The van der Waals surface area contributed by atoms with Crippen LogP contribution in [-0.2, 0) is 16.6 Å². The van der Waals surface area contributed by atoms with E-state index in [1.807, 2.05) is 12.1 Å². The highest BCUT2D eigenvalue weighted by Gasteiger charge is 2.15. The second kappa shape index (κ2) is 6.34. The first-order valence-corrected chi connectivity index (χ1v) is 7.99. The fraction of sp³-hybridized carbons (Fsp3) is 0.143. The second-order valence-electron chi connectivity index (χ2n) is 4.32. The molecular weight excluding hydrogens is 312 g/mol. The van der Waals surface area contributed by atoms with E-state index in [4.69, 9.17) is 22.1 Å². The molecule has 2 aromatic rings. The van der Waals surface area contributed by atoms with Crippen LogP contribution in [0, 0.1) is 0 Å². The lowest BCUT2D eigenvalue weighted by Crippen LogP contribution is -2.19. The van der Waals surface area contributed by atoms with Crippen LogP contribution in [0.2, 0.25) is 5.02 Å². The molecule has 0 unspecified atom stereocenters. The summed E-state index contributed by atoms with van der Waals surface area (Å²) in [7, 11) is -2.23. The number of anilines is 1. The van der Waals surface area contributed by atoms with Crippen LogP contribution in [0.1, 0.15) is 5.56 Å². The number of nitrogens with two attached hydrogens (primary N) is 1. The molecule has 112 valence electrons. The van der Waals surface area contributed by atoms with Crippen molar-refractivity contribution in [3.8, 4) is 5.75 Å². The molecule has 0 fully saturated rings. The highest BCUT2D eigenvalue weighted by Crippen LogP contribution is 2.24. The third-order valence-electron chi connectivity index (χ3n) is 2.86. The molecule has 0 aliphatic carbocycles. The number of hydrogen-bond donors (Lipinski definition) is 2. The molecule has 21 heavy (non-hydrogen) atoms. The van der Waals surface area contributed by atoms with Crippen LogP contribution in [-0.4, -0.2) is 15.5 Å². The van der Waals surface area contributed by atoms with E-state index < -0.39 is 10.0 Å². The van der Waals surface area contributed by atoms with E-state index in [9.17, 15) is 8.42 Å². The van der Waals surface area contributed by atoms with Gasteiger partial charge >= 0.3 is 0 Å². The van der Waals surface area contributed by atoms with Gasteiger partial charge < -0.3 is 10.5 Å². The molecule has 7 heteroatoms. The van der Waals surface area contributed by atoms with E-state index in [0.717, 1.165) is 5.56 Å². The lowest BCUT2D eigenvalue weighted by Gasteiger charge is -2.10. The predicted molar refractivity (Wildman–Crippen MR) is 82.9 cm³/mol. The maximum absolute atomic E-state index is 11.7. The molecule has 0 aliphatic heterocycles. The lowest BCUT2D eigenvalue weighted by atomic mass is 10.2. The van der Waals surface area contributed by atoms with Crippen LogP contribution in [0.3, 0.4) is 0 Å². The second-order valence-corrected chi connectivity index (χ2v) is 6.61. The minimum Gasteiger partial charge on any atom is -0.489 e. The van der Waals surface area contributed by atoms with Crippen molar-refractivity contribution in [3.05, 3.63) is 53.1 Å². The monoisotopic (exact) mass is 326 g/mol. The van der Waals surface area contributed by atoms with Gasteiger partial charge in [0.1, 0.15) is 17.3 Å². The molecule has 0 saturated carbocycles. The van der Waals surface area contributed by atoms with Gasteiger partial charge in [-0.1, -0.05) is 23.7 Å². The van der Waals surface area contributed by atoms with Gasteiger partial charge in [-0.15, -0.1) is 0 Å². The SMILES string of the molecule is CNS(=O)(=O)c1ccc(OCc2ccc(Cl)cc2)cc1N. The van der Waals surface area contributed by atoms with Crippen molar-refractivity contribution in [1.82, 2.24) is 4.72 Å². The average molecular weight is 327 g/mol. The lowest BCUT2D eigenvalue weighted by molar-refractivity contribution is 0.306. The standard InChI is InChI=1S/C14H15ClN2O3S/c1-17-21(18,19)14-7-6-12(8-13(14)16)20-9-10-2-4-11(15)5-3-10/h2-8,17H,9,16H2,1H3. The van der Waals surface area contributed by atoms with Gasteiger partial charge in [0.2, 0.25) is 10.0 Å². The van der Waals surface area contributed by atoms with Crippen LogP contribution in [0.15, 0.2) is 47.4 Å². The van der Waals surface area contributed by atoms with Crippen LogP contribution in [0.5, 0.6) is 5.75 Å². The molecule has 0 heterocycles. The summed E-state index contributed by atoms with van der Waals surface area (Å²) in [5, 5.41) is 0.657. The summed E-state index contributed by atoms with van der Waals surface area (Å²) in [5.74, 6) is 0.498. The molecule has 0 atom stereocenters. The fourth-order valence-corrected chi connectivity index (χ4v) is 2.68. The minimum absolute atomic E-state index is 0.0313. The Balaban J connectivity index is 2.12. The largest absolute Gasteiger partial charge is 0.489 e. The Hall–Kier alpha value is -1.76. The number of nitrogen functional groups attached to an aromatic ring is 1. The van der Waals surface area contributed by atoms with Gasteiger partial charge in [-0.2, -0.15) is 0 Å². The topological polar surface area (TPSA) is 81.4 Å². The van der Waals surface area contributed by atoms with Gasteiger partial charge in [0, 0.05) is 11.1 Å². The van der Waals surface area contributed by atoms with Gasteiger partial charge in [0.25, 0.3) is 0 Å². The first-order valence-electron chi connectivity index (χ1n) is 6.12. The van der Waals surface area contributed by atoms with E-state index in [1.165, 1.54) is 19.2 Å². The summed E-state index contributed by atoms with van der Waals surface area (Å²) in [5.41, 5.74) is 6.84. The smallest absolute Gasteiger partial charge is 0.242 e. The molecule has 0 bridgehead atoms. The zero-order chi connectivity index (χ0) is 15.5. The maximum Gasteiger partial charge on any atom is 0.242 e. The van der Waals surface area contributed by atoms with Crippen LogP contribution < -0.4 is 15.2 Å². The maximum atomic E-state index is 11.7. The summed E-state index contributed by atoms with van der Waals surface area (Å²) < 4.78 is 31.2. The number of halogens is 1. The van der Waals surface area contributed by atoms with Gasteiger partial charge in [-0.05, 0) is 36.9 Å². The number of hydrogen-bond acceptors (Lipinski definition) is 4. The highest BCUT2D eigenvalue weighted by atomic mass is 35.5. The number of nitrogens with one attached hydrogen (secondary N) is 1. The third-order valence-corrected chi connectivity index (χ3v) is 4.60. The summed E-state index contributed by atoms with van der Waals surface area (Å²) >= 11 is 5.80. The zero-order valence-corrected chi connectivity index (χ0v) is 12.9. The summed E-state index contributed by atoms with van der Waals surface area (Å²) in [6.45, 7) is 0.342. The molecule has 0 aliphatic rings. The minimum atomic E-state index is -3.56. The Kier molecular flexibility index (Phi) is 4.72. The first-order chi connectivity index (χ1) is 9.92. The molecule has 0 radical (unpaired) electrons. The summed E-state index contributed by atoms with van der Waals surface area (Å²) in [6.07, 6.45) is 0. The van der Waals surface area contributed by atoms with Crippen molar-refractivity contribution in [3.63, 3.8) is 0 Å². The molecule has 2 aromatic carbocycles. The molecule has 0 amide bonds. The van der Waals surface area contributed by atoms with Crippen LogP contribution in [0.25, 0.3) is 0 Å². The van der Waals surface area contributed by atoms with Crippen molar-refractivity contribution in [2.24, 2.45) is 0 Å². The van der Waals surface area contributed by atoms with Crippen molar-refractivity contribution < 1.29 is 13.2 Å². The number of ether oxygens (including phenoxy) is 1. The molecule has 0 aromatic heterocycles. The average Bonchev–Trinajstić information content (AvgIpc) is 2.46. The molecule has 0 spiro atoms. The third kappa shape index (κ3) is 3.87. The first kappa shape index (κ1) is 15.6. The molecule has 0 saturated heterocycles.